The predicted molar refractivity (Wildman–Crippen MR) is 468 cm³/mol. The quantitative estimate of drug-likeness (QED) is 0.0904. The summed E-state index contributed by atoms with van der Waals surface area (Å²) >= 11 is 0. The molecule has 12 nitrogen and oxygen atoms in total. The second-order valence-electron chi connectivity index (χ2n) is 27.9. The van der Waals surface area contributed by atoms with Gasteiger partial charge in [0.25, 0.3) is 0 Å². The van der Waals surface area contributed by atoms with Gasteiger partial charge in [-0.3, -0.25) is 0 Å². The van der Waals surface area contributed by atoms with E-state index in [0.717, 1.165) is 133 Å². The molecule has 0 fully saturated rings. The molecule has 16 aromatic carbocycles. The van der Waals surface area contributed by atoms with Crippen molar-refractivity contribution in [3.63, 3.8) is 0 Å². The minimum atomic E-state index is 0.521. The Hall–Kier alpha value is -15.9. The van der Waals surface area contributed by atoms with E-state index in [0.29, 0.717) is 69.9 Å². The number of hydrogen-bond donors (Lipinski definition) is 0. The Morgan fingerprint density at radius 3 is 0.569 bits per heavy atom. The zero-order valence-electron chi connectivity index (χ0n) is 62.6. The molecule has 0 aliphatic carbocycles. The van der Waals surface area contributed by atoms with Crippen LogP contribution < -0.4 is 0 Å². The van der Waals surface area contributed by atoms with Gasteiger partial charge in [0, 0.05) is 66.8 Å². The molecule has 0 amide bonds. The van der Waals surface area contributed by atoms with Crippen molar-refractivity contribution in [2.75, 3.05) is 0 Å². The van der Waals surface area contributed by atoms with Crippen LogP contribution in [0.2, 0.25) is 0 Å². The van der Waals surface area contributed by atoms with Gasteiger partial charge in [-0.05, 0) is 84.3 Å². The fraction of sp³-hybridized carbons (Fsp3) is 0. The second-order valence-corrected chi connectivity index (χ2v) is 27.9. The summed E-state index contributed by atoms with van der Waals surface area (Å²) in [6.07, 6.45) is 0. The molecule has 20 aromatic rings. The molecule has 0 aliphatic rings. The lowest BCUT2D eigenvalue weighted by atomic mass is 9.97. The number of benzene rings is 16. The molecule has 0 saturated heterocycles. The third kappa shape index (κ3) is 15.3. The van der Waals surface area contributed by atoms with Crippen LogP contribution in [0.3, 0.4) is 0 Å². The summed E-state index contributed by atoms with van der Waals surface area (Å²) in [6, 6.07) is 140. The minimum absolute atomic E-state index is 0.521. The topological polar surface area (TPSA) is 155 Å². The van der Waals surface area contributed by atoms with Gasteiger partial charge >= 0.3 is 0 Å². The smallest absolute Gasteiger partial charge is 0.165 e. The van der Waals surface area contributed by atoms with E-state index in [1.165, 1.54) is 0 Å². The molecule has 4 heterocycles. The first-order valence-electron chi connectivity index (χ1n) is 38.4. The van der Waals surface area contributed by atoms with E-state index in [4.69, 9.17) is 59.8 Å². The van der Waals surface area contributed by atoms with Gasteiger partial charge < -0.3 is 0 Å². The van der Waals surface area contributed by atoms with Gasteiger partial charge in [0.2, 0.25) is 0 Å². The normalized spacial score (nSPS) is 11.1. The lowest BCUT2D eigenvalue weighted by Crippen LogP contribution is -2.04. The summed E-state index contributed by atoms with van der Waals surface area (Å²) < 4.78 is 0. The summed E-state index contributed by atoms with van der Waals surface area (Å²) in [5.74, 6) is 7.04. The predicted octanol–water partition coefficient (Wildman–Crippen LogP) is 25.1. The zero-order valence-corrected chi connectivity index (χ0v) is 62.6. The van der Waals surface area contributed by atoms with Gasteiger partial charge in [-0.25, -0.2) is 59.8 Å². The first kappa shape index (κ1) is 70.5. The van der Waals surface area contributed by atoms with E-state index < -0.39 is 0 Å². The molecule has 0 saturated carbocycles. The zero-order chi connectivity index (χ0) is 77.4. The Morgan fingerprint density at radius 2 is 0.293 bits per heavy atom. The molecular weight excluding hydrogens is 1420 g/mol. The van der Waals surface area contributed by atoms with Gasteiger partial charge in [-0.1, -0.05) is 394 Å². The fourth-order valence-electron chi connectivity index (χ4n) is 14.4. The van der Waals surface area contributed by atoms with E-state index in [9.17, 15) is 0 Å². The summed E-state index contributed by atoms with van der Waals surface area (Å²) in [7, 11) is 0. The van der Waals surface area contributed by atoms with Crippen LogP contribution in [0.25, 0.3) is 203 Å². The maximum Gasteiger partial charge on any atom is 0.165 e. The standard InChI is InChI=1S/2C52H34N6/c1-5-15-35(16-6-1)37-25-29-42(30-26-37)49-53-47(40-20-9-3-10-21-40)55-51(56-49)45-34-33-39-19-13-14-24-44(39)46(45)52-57-48(41-22-11-4-12-23-41)54-50(58-52)43-31-27-38(28-32-43)36-17-7-2-8-18-36;1-5-13-35(14-6-1)37-21-25-41(26-22-37)49-53-47(39-17-9-3-10-18-39)55-51(57-49)45-31-29-44-34-46(32-30-43(44)33-45)52-56-48(40-19-11-4-12-20-40)54-50(58-52)42-27-23-38(24-28-42)36-15-7-2-8-16-36/h2*1-34H. The first-order valence-corrected chi connectivity index (χ1v) is 38.4. The van der Waals surface area contributed by atoms with Crippen molar-refractivity contribution >= 4 is 21.5 Å². The molecule has 0 unspecified atom stereocenters. The van der Waals surface area contributed by atoms with Crippen molar-refractivity contribution in [2.45, 2.75) is 0 Å². The monoisotopic (exact) mass is 1480 g/mol. The van der Waals surface area contributed by atoms with Gasteiger partial charge in [0.15, 0.2) is 69.9 Å². The Kier molecular flexibility index (Phi) is 19.6. The van der Waals surface area contributed by atoms with Gasteiger partial charge in [0.1, 0.15) is 0 Å². The summed E-state index contributed by atoms with van der Waals surface area (Å²) in [5, 5.41) is 4.12. The van der Waals surface area contributed by atoms with Gasteiger partial charge in [0.05, 0.1) is 0 Å². The molecular formula is C104H68N12. The molecule has 0 radical (unpaired) electrons. The summed E-state index contributed by atoms with van der Waals surface area (Å²) in [4.78, 5) is 60.8. The first-order chi connectivity index (χ1) is 57.4. The van der Waals surface area contributed by atoms with Crippen LogP contribution in [0.5, 0.6) is 0 Å². The van der Waals surface area contributed by atoms with Crippen LogP contribution in [0, 0.1) is 0 Å². The van der Waals surface area contributed by atoms with Crippen molar-refractivity contribution in [3.8, 4) is 181 Å². The Bertz CT molecular complexity index is 6650. The maximum atomic E-state index is 5.24. The largest absolute Gasteiger partial charge is 0.208 e. The van der Waals surface area contributed by atoms with Gasteiger partial charge in [-0.2, -0.15) is 0 Å². The SMILES string of the molecule is c1ccc(-c2ccc(-c3nc(-c4ccccc4)nc(-c4ccc5cc(-c6nc(-c7ccccc7)nc(-c7ccc(-c8ccccc8)cc7)n6)ccc5c4)n3)cc2)cc1.c1ccc(-c2ccc(-c3nc(-c4ccccc4)nc(-c4ccc5ccccc5c4-c4nc(-c5ccccc5)nc(-c5ccc(-c6ccccc6)cc5)n4)n3)cc2)cc1. The molecule has 20 rings (SSSR count). The van der Waals surface area contributed by atoms with Crippen LogP contribution in [-0.2, 0) is 0 Å². The van der Waals surface area contributed by atoms with Crippen LogP contribution in [0.1, 0.15) is 0 Å². The highest BCUT2D eigenvalue weighted by Crippen LogP contribution is 2.40. The van der Waals surface area contributed by atoms with Crippen molar-refractivity contribution in [1.82, 2.24) is 59.8 Å². The average Bonchev–Trinajstić information content (AvgIpc) is 0.756. The molecule has 0 spiro atoms. The van der Waals surface area contributed by atoms with Crippen LogP contribution in [0.15, 0.2) is 413 Å². The minimum Gasteiger partial charge on any atom is -0.208 e. The molecule has 12 heteroatoms. The molecule has 0 aliphatic heterocycles. The lowest BCUT2D eigenvalue weighted by Gasteiger charge is -2.15. The summed E-state index contributed by atoms with van der Waals surface area (Å²) in [6.45, 7) is 0. The maximum absolute atomic E-state index is 5.24. The number of fused-ring (bicyclic) bond motifs is 2. The van der Waals surface area contributed by atoms with E-state index in [1.54, 1.807) is 0 Å². The highest BCUT2D eigenvalue weighted by atomic mass is 15.1. The number of rotatable bonds is 16. The average molecular weight is 1490 g/mol. The van der Waals surface area contributed by atoms with Crippen LogP contribution >= 0.6 is 0 Å². The lowest BCUT2D eigenvalue weighted by molar-refractivity contribution is 1.06. The third-order valence-corrected chi connectivity index (χ3v) is 20.4. The van der Waals surface area contributed by atoms with E-state index >= 15 is 0 Å². The van der Waals surface area contributed by atoms with Crippen molar-refractivity contribution in [3.05, 3.63) is 413 Å². The fourth-order valence-corrected chi connectivity index (χ4v) is 14.4. The van der Waals surface area contributed by atoms with Crippen molar-refractivity contribution in [1.29, 1.82) is 0 Å². The molecule has 0 bridgehead atoms. The van der Waals surface area contributed by atoms with Crippen molar-refractivity contribution in [2.24, 2.45) is 0 Å². The van der Waals surface area contributed by atoms with E-state index in [2.05, 4.69) is 255 Å². The second kappa shape index (κ2) is 32.2. The molecule has 116 heavy (non-hydrogen) atoms. The van der Waals surface area contributed by atoms with Gasteiger partial charge in [-0.15, -0.1) is 0 Å². The third-order valence-electron chi connectivity index (χ3n) is 20.4. The van der Waals surface area contributed by atoms with E-state index in [1.807, 2.05) is 158 Å². The Labute approximate surface area is 670 Å². The van der Waals surface area contributed by atoms with Crippen LogP contribution in [0.4, 0.5) is 0 Å². The summed E-state index contributed by atoms with van der Waals surface area (Å²) in [5.41, 5.74) is 19.8. The van der Waals surface area contributed by atoms with E-state index in [-0.39, 0.29) is 0 Å². The Morgan fingerprint density at radius 1 is 0.112 bits per heavy atom. The highest BCUT2D eigenvalue weighted by molar-refractivity contribution is 6.02. The highest BCUT2D eigenvalue weighted by Gasteiger charge is 2.24. The Balaban J connectivity index is 0.000000155. The number of hydrogen-bond acceptors (Lipinski definition) is 12. The number of aromatic nitrogens is 12. The molecule has 0 atom stereocenters. The van der Waals surface area contributed by atoms with Crippen molar-refractivity contribution < 1.29 is 0 Å². The molecule has 4 aromatic heterocycles. The van der Waals surface area contributed by atoms with Crippen LogP contribution in [-0.4, -0.2) is 59.8 Å². The molecule has 0 N–H and O–H groups in total. The number of nitrogens with zero attached hydrogens (tertiary/aromatic N) is 12. The molecule has 544 valence electrons.